The Labute approximate surface area is 121 Å². The zero-order chi connectivity index (χ0) is 14.1. The molecule has 0 unspecified atom stereocenters. The monoisotopic (exact) mass is 285 g/mol. The fourth-order valence-electron chi connectivity index (χ4n) is 2.11. The van der Waals surface area contributed by atoms with E-state index in [0.29, 0.717) is 5.88 Å². The molecule has 0 aliphatic heterocycles. The zero-order valence-corrected chi connectivity index (χ0v) is 12.2. The molecule has 102 valence electrons. The number of para-hydroxylation sites is 1. The van der Waals surface area contributed by atoms with Crippen LogP contribution in [0.3, 0.4) is 0 Å². The number of ether oxygens (including phenoxy) is 1. The number of hydrogen-bond donors (Lipinski definition) is 1. The summed E-state index contributed by atoms with van der Waals surface area (Å²) in [6.07, 6.45) is 0.905. The number of nitrogens with two attached hydrogens (primary N) is 1. The lowest BCUT2D eigenvalue weighted by atomic mass is 10.1. The summed E-state index contributed by atoms with van der Waals surface area (Å²) in [7, 11) is 0. The van der Waals surface area contributed by atoms with Gasteiger partial charge in [-0.2, -0.15) is 4.98 Å². The standard InChI is InChI=1S/C15H15N3OS/c1-3-10-6-4-5-7-12(10)19-13-11-8-9(2)20-14(11)18-15(16)17-13/h4-8H,3H2,1-2H3,(H2,16,17,18). The summed E-state index contributed by atoms with van der Waals surface area (Å²) in [5.41, 5.74) is 6.91. The Hall–Kier alpha value is -2.14. The molecule has 3 aromatic rings. The lowest BCUT2D eigenvalue weighted by Gasteiger charge is -2.10. The van der Waals surface area contributed by atoms with E-state index >= 15 is 0 Å². The Kier molecular flexibility index (Phi) is 3.28. The number of aromatic nitrogens is 2. The highest BCUT2D eigenvalue weighted by Crippen LogP contribution is 2.34. The summed E-state index contributed by atoms with van der Waals surface area (Å²) >= 11 is 1.59. The van der Waals surface area contributed by atoms with Crippen molar-refractivity contribution >= 4 is 27.5 Å². The number of hydrogen-bond acceptors (Lipinski definition) is 5. The van der Waals surface area contributed by atoms with Crippen LogP contribution in [-0.4, -0.2) is 9.97 Å². The zero-order valence-electron chi connectivity index (χ0n) is 11.4. The molecule has 0 bridgehead atoms. The molecule has 0 fully saturated rings. The first kappa shape index (κ1) is 12.9. The molecule has 2 aromatic heterocycles. The molecule has 0 radical (unpaired) electrons. The average molecular weight is 285 g/mol. The third-order valence-corrected chi connectivity index (χ3v) is 4.00. The maximum atomic E-state index is 5.98. The van der Waals surface area contributed by atoms with Gasteiger partial charge in [-0.15, -0.1) is 11.3 Å². The molecular formula is C15H15N3OS. The van der Waals surface area contributed by atoms with E-state index in [2.05, 4.69) is 23.0 Å². The van der Waals surface area contributed by atoms with Gasteiger partial charge in [0.15, 0.2) is 0 Å². The van der Waals surface area contributed by atoms with Gasteiger partial charge in [-0.3, -0.25) is 0 Å². The number of aryl methyl sites for hydroxylation is 2. The molecule has 2 heterocycles. The van der Waals surface area contributed by atoms with Crippen LogP contribution in [0.2, 0.25) is 0 Å². The minimum atomic E-state index is 0.239. The van der Waals surface area contributed by atoms with Crippen LogP contribution in [0, 0.1) is 6.92 Å². The van der Waals surface area contributed by atoms with E-state index in [4.69, 9.17) is 10.5 Å². The molecule has 4 nitrogen and oxygen atoms in total. The minimum absolute atomic E-state index is 0.239. The highest BCUT2D eigenvalue weighted by Gasteiger charge is 2.12. The molecule has 0 aliphatic rings. The highest BCUT2D eigenvalue weighted by molar-refractivity contribution is 7.18. The van der Waals surface area contributed by atoms with Gasteiger partial charge in [0, 0.05) is 4.88 Å². The van der Waals surface area contributed by atoms with Crippen LogP contribution in [-0.2, 0) is 6.42 Å². The van der Waals surface area contributed by atoms with Crippen molar-refractivity contribution < 1.29 is 4.74 Å². The largest absolute Gasteiger partial charge is 0.438 e. The fraction of sp³-hybridized carbons (Fsp3) is 0.200. The van der Waals surface area contributed by atoms with Crippen molar-refractivity contribution in [1.29, 1.82) is 0 Å². The third-order valence-electron chi connectivity index (χ3n) is 3.06. The van der Waals surface area contributed by atoms with Crippen molar-refractivity contribution in [2.75, 3.05) is 5.73 Å². The van der Waals surface area contributed by atoms with Crippen molar-refractivity contribution in [2.24, 2.45) is 0 Å². The molecule has 2 N–H and O–H groups in total. The van der Waals surface area contributed by atoms with E-state index < -0.39 is 0 Å². The molecule has 1 aromatic carbocycles. The van der Waals surface area contributed by atoms with Gasteiger partial charge >= 0.3 is 0 Å². The first-order valence-electron chi connectivity index (χ1n) is 6.46. The molecule has 5 heteroatoms. The van der Waals surface area contributed by atoms with Gasteiger partial charge in [-0.25, -0.2) is 4.98 Å². The summed E-state index contributed by atoms with van der Waals surface area (Å²) in [6.45, 7) is 4.13. The van der Waals surface area contributed by atoms with Crippen molar-refractivity contribution in [3.8, 4) is 11.6 Å². The van der Waals surface area contributed by atoms with Crippen LogP contribution in [0.5, 0.6) is 11.6 Å². The predicted molar refractivity (Wildman–Crippen MR) is 82.5 cm³/mol. The van der Waals surface area contributed by atoms with Gasteiger partial charge in [0.1, 0.15) is 10.6 Å². The number of fused-ring (bicyclic) bond motifs is 1. The Balaban J connectivity index is 2.10. The molecule has 3 rings (SSSR count). The van der Waals surface area contributed by atoms with E-state index in [-0.39, 0.29) is 5.95 Å². The van der Waals surface area contributed by atoms with Gasteiger partial charge in [0.2, 0.25) is 11.8 Å². The summed E-state index contributed by atoms with van der Waals surface area (Å²) < 4.78 is 5.98. The molecule has 0 spiro atoms. The van der Waals surface area contributed by atoms with Crippen LogP contribution in [0.25, 0.3) is 10.2 Å². The smallest absolute Gasteiger partial charge is 0.232 e. The van der Waals surface area contributed by atoms with E-state index in [0.717, 1.165) is 32.8 Å². The van der Waals surface area contributed by atoms with Crippen molar-refractivity contribution in [3.63, 3.8) is 0 Å². The van der Waals surface area contributed by atoms with Crippen molar-refractivity contribution in [2.45, 2.75) is 20.3 Å². The SMILES string of the molecule is CCc1ccccc1Oc1nc(N)nc2sc(C)cc12. The van der Waals surface area contributed by atoms with E-state index in [1.807, 2.05) is 31.2 Å². The summed E-state index contributed by atoms with van der Waals surface area (Å²) in [5, 5.41) is 0.910. The number of thiophene rings is 1. The number of benzene rings is 1. The van der Waals surface area contributed by atoms with Crippen molar-refractivity contribution in [1.82, 2.24) is 9.97 Å². The van der Waals surface area contributed by atoms with Crippen LogP contribution < -0.4 is 10.5 Å². The summed E-state index contributed by atoms with van der Waals surface area (Å²) in [5.74, 6) is 1.58. The maximum Gasteiger partial charge on any atom is 0.232 e. The lowest BCUT2D eigenvalue weighted by Crippen LogP contribution is -1.98. The van der Waals surface area contributed by atoms with Gasteiger partial charge in [-0.05, 0) is 31.0 Å². The molecule has 0 atom stereocenters. The van der Waals surface area contributed by atoms with Crippen LogP contribution in [0.4, 0.5) is 5.95 Å². The molecular weight excluding hydrogens is 270 g/mol. The predicted octanol–water partition coefficient (Wildman–Crippen LogP) is 3.94. The van der Waals surface area contributed by atoms with Gasteiger partial charge in [0.05, 0.1) is 5.39 Å². The van der Waals surface area contributed by atoms with Crippen LogP contribution >= 0.6 is 11.3 Å². The average Bonchev–Trinajstić information content (AvgIpc) is 2.79. The molecule has 0 saturated heterocycles. The van der Waals surface area contributed by atoms with E-state index in [9.17, 15) is 0 Å². The van der Waals surface area contributed by atoms with E-state index in [1.165, 1.54) is 0 Å². The second kappa shape index (κ2) is 5.09. The fourth-order valence-corrected chi connectivity index (χ4v) is 2.99. The molecule has 20 heavy (non-hydrogen) atoms. The first-order valence-corrected chi connectivity index (χ1v) is 7.28. The van der Waals surface area contributed by atoms with E-state index in [1.54, 1.807) is 11.3 Å². The third kappa shape index (κ3) is 2.32. The Bertz CT molecular complexity index is 767. The van der Waals surface area contributed by atoms with Gasteiger partial charge in [-0.1, -0.05) is 25.1 Å². The van der Waals surface area contributed by atoms with Crippen LogP contribution in [0.15, 0.2) is 30.3 Å². The quantitative estimate of drug-likeness (QED) is 0.792. The first-order chi connectivity index (χ1) is 9.67. The molecule has 0 saturated carbocycles. The second-order valence-electron chi connectivity index (χ2n) is 4.53. The molecule has 0 amide bonds. The van der Waals surface area contributed by atoms with Gasteiger partial charge in [0.25, 0.3) is 0 Å². The molecule has 0 aliphatic carbocycles. The maximum absolute atomic E-state index is 5.98. The van der Waals surface area contributed by atoms with Gasteiger partial charge < -0.3 is 10.5 Å². The Morgan fingerprint density at radius 3 is 2.85 bits per heavy atom. The van der Waals surface area contributed by atoms with Crippen molar-refractivity contribution in [3.05, 3.63) is 40.8 Å². The van der Waals surface area contributed by atoms with Crippen LogP contribution in [0.1, 0.15) is 17.4 Å². The topological polar surface area (TPSA) is 61.0 Å². The summed E-state index contributed by atoms with van der Waals surface area (Å²) in [6, 6.07) is 9.99. The number of rotatable bonds is 3. The highest BCUT2D eigenvalue weighted by atomic mass is 32.1. The second-order valence-corrected chi connectivity index (χ2v) is 5.76. The minimum Gasteiger partial charge on any atom is -0.438 e. The number of anilines is 1. The Morgan fingerprint density at radius 2 is 2.05 bits per heavy atom. The lowest BCUT2D eigenvalue weighted by molar-refractivity contribution is 0.464. The normalized spacial score (nSPS) is 10.9. The number of nitrogens with zero attached hydrogens (tertiary/aromatic N) is 2. The Morgan fingerprint density at radius 1 is 1.25 bits per heavy atom. The summed E-state index contributed by atoms with van der Waals surface area (Å²) in [4.78, 5) is 10.5. The number of nitrogen functional groups attached to an aromatic ring is 1.